The number of aromatic nitrogens is 3. The van der Waals surface area contributed by atoms with E-state index in [1.807, 2.05) is 35.0 Å². The smallest absolute Gasteiger partial charge is 0.254 e. The van der Waals surface area contributed by atoms with Crippen LogP contribution in [0.15, 0.2) is 42.5 Å². The normalized spacial score (nSPS) is 14.2. The number of nitrogens with one attached hydrogen (secondary N) is 1. The number of carbonyl (C=O) groups excluding carboxylic acids is 2. The van der Waals surface area contributed by atoms with Crippen molar-refractivity contribution in [3.63, 3.8) is 0 Å². The van der Waals surface area contributed by atoms with Crippen molar-refractivity contribution >= 4 is 28.5 Å². The van der Waals surface area contributed by atoms with Crippen LogP contribution in [0.4, 0.5) is 5.69 Å². The molecule has 7 nitrogen and oxygen atoms in total. The first-order valence-corrected chi connectivity index (χ1v) is 10.5. The predicted molar refractivity (Wildman–Crippen MR) is 116 cm³/mol. The van der Waals surface area contributed by atoms with Crippen molar-refractivity contribution in [2.75, 3.05) is 18.9 Å². The molecule has 1 aliphatic rings. The van der Waals surface area contributed by atoms with Crippen LogP contribution < -0.4 is 5.32 Å². The number of rotatable bonds is 6. The van der Waals surface area contributed by atoms with Gasteiger partial charge in [-0.25, -0.2) is 4.68 Å². The number of hydrogen-bond donors (Lipinski definition) is 1. The van der Waals surface area contributed by atoms with E-state index >= 15 is 0 Å². The van der Waals surface area contributed by atoms with E-state index in [2.05, 4.69) is 22.6 Å². The van der Waals surface area contributed by atoms with E-state index in [4.69, 9.17) is 0 Å². The number of likely N-dealkylation sites (N-methyl/N-ethyl adjacent to an activating group) is 1. The number of nitrogens with zero attached hydrogens (tertiary/aromatic N) is 4. The maximum Gasteiger partial charge on any atom is 0.254 e. The molecule has 0 aliphatic heterocycles. The molecule has 2 amide bonds. The van der Waals surface area contributed by atoms with Crippen molar-refractivity contribution in [2.24, 2.45) is 0 Å². The lowest BCUT2D eigenvalue weighted by Gasteiger charge is -2.17. The second-order valence-electron chi connectivity index (χ2n) is 7.94. The molecule has 156 valence electrons. The molecule has 0 spiro atoms. The SMILES string of the molecule is CCc1cccc(NC(=O)CN(C)C(=O)c2ccc3c(c2)nnn3C2CCCC2)c1. The molecule has 4 rings (SSSR count). The Morgan fingerprint density at radius 2 is 1.97 bits per heavy atom. The summed E-state index contributed by atoms with van der Waals surface area (Å²) in [6.45, 7) is 2.04. The Balaban J connectivity index is 1.42. The molecule has 3 aromatic rings. The van der Waals surface area contributed by atoms with Crippen molar-refractivity contribution in [1.82, 2.24) is 19.9 Å². The lowest BCUT2D eigenvalue weighted by atomic mass is 10.1. The summed E-state index contributed by atoms with van der Waals surface area (Å²) in [6.07, 6.45) is 5.59. The van der Waals surface area contributed by atoms with Gasteiger partial charge >= 0.3 is 0 Å². The topological polar surface area (TPSA) is 80.1 Å². The summed E-state index contributed by atoms with van der Waals surface area (Å²) < 4.78 is 1.98. The van der Waals surface area contributed by atoms with Crippen LogP contribution in [0.25, 0.3) is 11.0 Å². The van der Waals surface area contributed by atoms with E-state index in [1.165, 1.54) is 17.7 Å². The van der Waals surface area contributed by atoms with Crippen molar-refractivity contribution in [3.8, 4) is 0 Å². The van der Waals surface area contributed by atoms with Crippen LogP contribution in [0.2, 0.25) is 0 Å². The zero-order valence-corrected chi connectivity index (χ0v) is 17.5. The molecule has 0 unspecified atom stereocenters. The third kappa shape index (κ3) is 4.20. The van der Waals surface area contributed by atoms with Crippen LogP contribution in [0.1, 0.15) is 54.6 Å². The second kappa shape index (κ2) is 8.65. The van der Waals surface area contributed by atoms with E-state index < -0.39 is 0 Å². The summed E-state index contributed by atoms with van der Waals surface area (Å²) in [7, 11) is 1.63. The van der Waals surface area contributed by atoms with Crippen LogP contribution in [-0.4, -0.2) is 45.3 Å². The highest BCUT2D eigenvalue weighted by Gasteiger charge is 2.21. The van der Waals surface area contributed by atoms with Crippen LogP contribution >= 0.6 is 0 Å². The van der Waals surface area contributed by atoms with E-state index in [-0.39, 0.29) is 18.4 Å². The summed E-state index contributed by atoms with van der Waals surface area (Å²) in [4.78, 5) is 26.6. The molecule has 1 aromatic heterocycles. The number of carbonyl (C=O) groups is 2. The average molecular weight is 406 g/mol. The molecule has 0 radical (unpaired) electrons. The minimum atomic E-state index is -0.229. The first-order chi connectivity index (χ1) is 14.5. The Kier molecular flexibility index (Phi) is 5.79. The third-order valence-electron chi connectivity index (χ3n) is 5.74. The lowest BCUT2D eigenvalue weighted by Crippen LogP contribution is -2.34. The second-order valence-corrected chi connectivity index (χ2v) is 7.94. The molecular formula is C23H27N5O2. The molecule has 1 saturated carbocycles. The van der Waals surface area contributed by atoms with Crippen LogP contribution in [0, 0.1) is 0 Å². The summed E-state index contributed by atoms with van der Waals surface area (Å²) in [5.74, 6) is -0.447. The van der Waals surface area contributed by atoms with Gasteiger partial charge in [0.2, 0.25) is 5.91 Å². The van der Waals surface area contributed by atoms with Crippen LogP contribution in [0.3, 0.4) is 0 Å². The van der Waals surface area contributed by atoms with Crippen molar-refractivity contribution in [3.05, 3.63) is 53.6 Å². The van der Waals surface area contributed by atoms with E-state index in [0.29, 0.717) is 17.1 Å². The van der Waals surface area contributed by atoms with Gasteiger partial charge in [-0.05, 0) is 55.2 Å². The van der Waals surface area contributed by atoms with E-state index in [0.717, 1.165) is 36.0 Å². The predicted octanol–water partition coefficient (Wildman–Crippen LogP) is 3.82. The minimum Gasteiger partial charge on any atom is -0.332 e. The molecular weight excluding hydrogens is 378 g/mol. The molecule has 1 heterocycles. The Morgan fingerprint density at radius 3 is 2.73 bits per heavy atom. The van der Waals surface area contributed by atoms with Gasteiger partial charge in [0.1, 0.15) is 5.52 Å². The van der Waals surface area contributed by atoms with Gasteiger partial charge in [0.05, 0.1) is 18.1 Å². The van der Waals surface area contributed by atoms with Gasteiger partial charge in [0, 0.05) is 18.3 Å². The maximum absolute atomic E-state index is 12.8. The summed E-state index contributed by atoms with van der Waals surface area (Å²) in [6, 6.07) is 13.6. The zero-order valence-electron chi connectivity index (χ0n) is 17.5. The molecule has 30 heavy (non-hydrogen) atoms. The quantitative estimate of drug-likeness (QED) is 0.676. The monoisotopic (exact) mass is 405 g/mol. The highest BCUT2D eigenvalue weighted by molar-refractivity contribution is 6.00. The maximum atomic E-state index is 12.8. The highest BCUT2D eigenvalue weighted by Crippen LogP contribution is 2.31. The standard InChI is InChI=1S/C23H27N5O2/c1-3-16-7-6-8-18(13-16)24-22(29)15-27(2)23(30)17-11-12-21-20(14-17)25-26-28(21)19-9-4-5-10-19/h6-8,11-14,19H,3-5,9-10,15H2,1-2H3,(H,24,29). The number of anilines is 1. The first-order valence-electron chi connectivity index (χ1n) is 10.5. The average Bonchev–Trinajstić information content (AvgIpc) is 3.42. The minimum absolute atomic E-state index is 0.0258. The molecule has 7 heteroatoms. The largest absolute Gasteiger partial charge is 0.332 e. The fourth-order valence-electron chi connectivity index (χ4n) is 4.07. The zero-order chi connectivity index (χ0) is 21.1. The Bertz CT molecular complexity index is 1070. The summed E-state index contributed by atoms with van der Waals surface area (Å²) in [5.41, 5.74) is 4.06. The van der Waals surface area contributed by atoms with Crippen LogP contribution in [-0.2, 0) is 11.2 Å². The van der Waals surface area contributed by atoms with Gasteiger partial charge in [-0.3, -0.25) is 9.59 Å². The van der Waals surface area contributed by atoms with Crippen molar-refractivity contribution < 1.29 is 9.59 Å². The first kappa shape index (κ1) is 20.1. The Labute approximate surface area is 176 Å². The van der Waals surface area contributed by atoms with E-state index in [9.17, 15) is 9.59 Å². The van der Waals surface area contributed by atoms with Crippen molar-refractivity contribution in [1.29, 1.82) is 0 Å². The van der Waals surface area contributed by atoms with Crippen LogP contribution in [0.5, 0.6) is 0 Å². The molecule has 0 saturated heterocycles. The number of hydrogen-bond acceptors (Lipinski definition) is 4. The van der Waals surface area contributed by atoms with Gasteiger partial charge in [0.15, 0.2) is 0 Å². The molecule has 0 atom stereocenters. The summed E-state index contributed by atoms with van der Waals surface area (Å²) >= 11 is 0. The van der Waals surface area contributed by atoms with Gasteiger partial charge in [-0.2, -0.15) is 0 Å². The number of benzene rings is 2. The molecule has 1 fully saturated rings. The highest BCUT2D eigenvalue weighted by atomic mass is 16.2. The van der Waals surface area contributed by atoms with Gasteiger partial charge < -0.3 is 10.2 Å². The van der Waals surface area contributed by atoms with Gasteiger partial charge in [-0.1, -0.05) is 37.1 Å². The Hall–Kier alpha value is -3.22. The van der Waals surface area contributed by atoms with Gasteiger partial charge in [-0.15, -0.1) is 5.10 Å². The fraction of sp³-hybridized carbons (Fsp3) is 0.391. The Morgan fingerprint density at radius 1 is 1.17 bits per heavy atom. The number of amides is 2. The summed E-state index contributed by atoms with van der Waals surface area (Å²) in [5, 5.41) is 11.4. The van der Waals surface area contributed by atoms with Crippen molar-refractivity contribution in [2.45, 2.75) is 45.1 Å². The molecule has 1 aliphatic carbocycles. The molecule has 1 N–H and O–H groups in total. The number of fused-ring (bicyclic) bond motifs is 1. The van der Waals surface area contributed by atoms with Gasteiger partial charge in [0.25, 0.3) is 5.91 Å². The fourth-order valence-corrected chi connectivity index (χ4v) is 4.07. The number of aryl methyl sites for hydroxylation is 1. The van der Waals surface area contributed by atoms with E-state index in [1.54, 1.807) is 19.2 Å². The molecule has 0 bridgehead atoms. The lowest BCUT2D eigenvalue weighted by molar-refractivity contribution is -0.116. The third-order valence-corrected chi connectivity index (χ3v) is 5.74. The molecule has 2 aromatic carbocycles.